The highest BCUT2D eigenvalue weighted by Crippen LogP contribution is 2.38. The summed E-state index contributed by atoms with van der Waals surface area (Å²) in [6, 6.07) is 13.9. The second-order valence-corrected chi connectivity index (χ2v) is 10.3. The minimum absolute atomic E-state index is 0.310. The van der Waals surface area contributed by atoms with Gasteiger partial charge in [-0.2, -0.15) is 10.1 Å². The van der Waals surface area contributed by atoms with Crippen LogP contribution in [0.3, 0.4) is 0 Å². The second-order valence-electron chi connectivity index (χ2n) is 10.3. The standard InChI is InChI=1S/C31H36N8O3/c1-6-29(40)33-24-17-25(27(41-5)18-26(24)38-13-15-42-16-14-38)34-31-32-12-11-28(35-31)39-20-23(19-37(3)4)30(36-39)22-9-7-21(2)8-10-22/h6-12,17-18,20H,1,13-16,19H2,2-5H3,(H,33,40)(H,32,34,35). The number of methoxy groups -OCH3 is 1. The number of rotatable bonds is 10. The average molecular weight is 569 g/mol. The highest BCUT2D eigenvalue weighted by atomic mass is 16.5. The van der Waals surface area contributed by atoms with Gasteiger partial charge in [0.05, 0.1) is 43.1 Å². The summed E-state index contributed by atoms with van der Waals surface area (Å²) in [7, 11) is 5.67. The zero-order chi connectivity index (χ0) is 29.6. The Morgan fingerprint density at radius 3 is 2.60 bits per heavy atom. The Balaban J connectivity index is 1.49. The van der Waals surface area contributed by atoms with Crippen molar-refractivity contribution in [3.05, 3.63) is 78.6 Å². The molecule has 1 fully saturated rings. The summed E-state index contributed by atoms with van der Waals surface area (Å²) in [5.74, 6) is 1.23. The third-order valence-electron chi connectivity index (χ3n) is 6.84. The molecule has 1 amide bonds. The van der Waals surface area contributed by atoms with E-state index in [1.54, 1.807) is 18.0 Å². The maximum atomic E-state index is 12.3. The van der Waals surface area contributed by atoms with Gasteiger partial charge in [0.1, 0.15) is 5.75 Å². The maximum absolute atomic E-state index is 12.3. The van der Waals surface area contributed by atoms with Crippen molar-refractivity contribution in [1.29, 1.82) is 0 Å². The van der Waals surface area contributed by atoms with Gasteiger partial charge >= 0.3 is 0 Å². The molecular formula is C31H36N8O3. The number of nitrogens with one attached hydrogen (secondary N) is 2. The number of morpholine rings is 1. The van der Waals surface area contributed by atoms with Crippen LogP contribution in [0.15, 0.2) is 67.5 Å². The molecule has 1 saturated heterocycles. The predicted molar refractivity (Wildman–Crippen MR) is 165 cm³/mol. The fraction of sp³-hybridized carbons (Fsp3) is 0.290. The molecule has 0 unspecified atom stereocenters. The molecule has 0 atom stereocenters. The van der Waals surface area contributed by atoms with E-state index in [4.69, 9.17) is 19.6 Å². The molecule has 0 bridgehead atoms. The van der Waals surface area contributed by atoms with Crippen molar-refractivity contribution in [2.75, 3.05) is 63.0 Å². The molecule has 218 valence electrons. The van der Waals surface area contributed by atoms with Crippen molar-refractivity contribution >= 4 is 28.9 Å². The monoisotopic (exact) mass is 568 g/mol. The van der Waals surface area contributed by atoms with Crippen LogP contribution in [0.4, 0.5) is 23.0 Å². The van der Waals surface area contributed by atoms with Gasteiger partial charge in [0.25, 0.3) is 0 Å². The van der Waals surface area contributed by atoms with Crippen molar-refractivity contribution in [3.63, 3.8) is 0 Å². The van der Waals surface area contributed by atoms with Crippen LogP contribution in [-0.2, 0) is 16.1 Å². The first-order valence-electron chi connectivity index (χ1n) is 13.7. The number of carbonyl (C=O) groups is 1. The summed E-state index contributed by atoms with van der Waals surface area (Å²) < 4.78 is 13.0. The van der Waals surface area contributed by atoms with Crippen molar-refractivity contribution < 1.29 is 14.3 Å². The molecule has 1 aliphatic heterocycles. The van der Waals surface area contributed by atoms with E-state index in [1.165, 1.54) is 11.6 Å². The van der Waals surface area contributed by atoms with Crippen molar-refractivity contribution in [1.82, 2.24) is 24.6 Å². The third kappa shape index (κ3) is 6.59. The third-order valence-corrected chi connectivity index (χ3v) is 6.84. The van der Waals surface area contributed by atoms with E-state index in [0.717, 1.165) is 29.1 Å². The molecule has 0 radical (unpaired) electrons. The molecule has 2 aromatic heterocycles. The molecular weight excluding hydrogens is 532 g/mol. The van der Waals surface area contributed by atoms with Gasteiger partial charge in [-0.15, -0.1) is 0 Å². The first kappa shape index (κ1) is 28.8. The van der Waals surface area contributed by atoms with Gasteiger partial charge in [-0.05, 0) is 33.2 Å². The van der Waals surface area contributed by atoms with Crippen LogP contribution in [0.5, 0.6) is 5.75 Å². The zero-order valence-electron chi connectivity index (χ0n) is 24.4. The molecule has 0 aliphatic carbocycles. The summed E-state index contributed by atoms with van der Waals surface area (Å²) in [5.41, 5.74) is 6.27. The van der Waals surface area contributed by atoms with Crippen LogP contribution in [-0.4, -0.2) is 78.1 Å². The van der Waals surface area contributed by atoms with Gasteiger partial charge in [-0.3, -0.25) is 4.79 Å². The van der Waals surface area contributed by atoms with Crippen LogP contribution in [0.1, 0.15) is 11.1 Å². The first-order chi connectivity index (χ1) is 20.3. The summed E-state index contributed by atoms with van der Waals surface area (Å²) in [5, 5.41) is 11.1. The smallest absolute Gasteiger partial charge is 0.247 e. The van der Waals surface area contributed by atoms with E-state index in [1.807, 2.05) is 38.5 Å². The number of carbonyl (C=O) groups excluding carboxylic acids is 1. The van der Waals surface area contributed by atoms with Crippen molar-refractivity contribution in [2.45, 2.75) is 13.5 Å². The number of aromatic nitrogens is 4. The molecule has 3 heterocycles. The number of benzene rings is 2. The summed E-state index contributed by atoms with van der Waals surface area (Å²) >= 11 is 0. The molecule has 2 aromatic carbocycles. The summed E-state index contributed by atoms with van der Waals surface area (Å²) in [4.78, 5) is 25.8. The predicted octanol–water partition coefficient (Wildman–Crippen LogP) is 4.41. The molecule has 11 heteroatoms. The molecule has 42 heavy (non-hydrogen) atoms. The molecule has 5 rings (SSSR count). The number of anilines is 4. The number of aryl methyl sites for hydroxylation is 1. The normalized spacial score (nSPS) is 13.2. The lowest BCUT2D eigenvalue weighted by atomic mass is 10.1. The van der Waals surface area contributed by atoms with E-state index in [0.29, 0.717) is 55.2 Å². The fourth-order valence-electron chi connectivity index (χ4n) is 4.78. The number of amides is 1. The van der Waals surface area contributed by atoms with Gasteiger partial charge in [0.2, 0.25) is 11.9 Å². The van der Waals surface area contributed by atoms with Gasteiger partial charge < -0.3 is 29.9 Å². The van der Waals surface area contributed by atoms with Crippen molar-refractivity contribution in [2.24, 2.45) is 0 Å². The number of nitrogens with zero attached hydrogens (tertiary/aromatic N) is 6. The Labute approximate surface area is 245 Å². The van der Waals surface area contributed by atoms with Gasteiger partial charge in [0.15, 0.2) is 5.82 Å². The lowest BCUT2D eigenvalue weighted by Crippen LogP contribution is -2.36. The van der Waals surface area contributed by atoms with Gasteiger partial charge in [0, 0.05) is 55.3 Å². The largest absolute Gasteiger partial charge is 0.494 e. The Morgan fingerprint density at radius 1 is 1.14 bits per heavy atom. The zero-order valence-corrected chi connectivity index (χ0v) is 24.4. The quantitative estimate of drug-likeness (QED) is 0.269. The Hall–Kier alpha value is -4.74. The highest BCUT2D eigenvalue weighted by Gasteiger charge is 2.20. The molecule has 0 spiro atoms. The number of hydrogen-bond acceptors (Lipinski definition) is 9. The van der Waals surface area contributed by atoms with Crippen LogP contribution >= 0.6 is 0 Å². The summed E-state index contributed by atoms with van der Waals surface area (Å²) in [6.45, 7) is 8.99. The molecule has 0 saturated carbocycles. The summed E-state index contributed by atoms with van der Waals surface area (Å²) in [6.07, 6.45) is 4.92. The minimum atomic E-state index is -0.310. The number of ether oxygens (including phenoxy) is 2. The Kier molecular flexibility index (Phi) is 8.80. The van der Waals surface area contributed by atoms with E-state index in [9.17, 15) is 4.79 Å². The maximum Gasteiger partial charge on any atom is 0.247 e. The SMILES string of the molecule is C=CC(=O)Nc1cc(Nc2nccc(-n3cc(CN(C)C)c(-c4ccc(C)cc4)n3)n2)c(OC)cc1N1CCOCC1. The van der Waals surface area contributed by atoms with Crippen molar-refractivity contribution in [3.8, 4) is 22.8 Å². The lowest BCUT2D eigenvalue weighted by Gasteiger charge is -2.31. The Bertz CT molecular complexity index is 1560. The minimum Gasteiger partial charge on any atom is -0.494 e. The lowest BCUT2D eigenvalue weighted by molar-refractivity contribution is -0.111. The number of hydrogen-bond donors (Lipinski definition) is 2. The Morgan fingerprint density at radius 2 is 1.90 bits per heavy atom. The molecule has 1 aliphatic rings. The van der Waals surface area contributed by atoms with E-state index in [2.05, 4.69) is 63.2 Å². The first-order valence-corrected chi connectivity index (χ1v) is 13.7. The van der Waals surface area contributed by atoms with E-state index < -0.39 is 0 Å². The van der Waals surface area contributed by atoms with Crippen LogP contribution in [0.25, 0.3) is 17.1 Å². The van der Waals surface area contributed by atoms with E-state index >= 15 is 0 Å². The fourth-order valence-corrected chi connectivity index (χ4v) is 4.78. The van der Waals surface area contributed by atoms with Gasteiger partial charge in [-0.1, -0.05) is 36.4 Å². The van der Waals surface area contributed by atoms with E-state index in [-0.39, 0.29) is 5.91 Å². The molecule has 2 N–H and O–H groups in total. The molecule has 4 aromatic rings. The van der Waals surface area contributed by atoms with Crippen LogP contribution < -0.4 is 20.3 Å². The highest BCUT2D eigenvalue weighted by molar-refractivity contribution is 6.02. The average Bonchev–Trinajstić information content (AvgIpc) is 3.41. The second kappa shape index (κ2) is 12.8. The molecule has 11 nitrogen and oxygen atoms in total. The van der Waals surface area contributed by atoms with Crippen LogP contribution in [0, 0.1) is 6.92 Å². The van der Waals surface area contributed by atoms with Gasteiger partial charge in [-0.25, -0.2) is 9.67 Å². The van der Waals surface area contributed by atoms with Crippen LogP contribution in [0.2, 0.25) is 0 Å². The topological polar surface area (TPSA) is 110 Å².